The average Bonchev–Trinajstić information content (AvgIpc) is 2.14. The maximum absolute atomic E-state index is 11.4. The number of hydrogen-bond donors (Lipinski definition) is 0. The van der Waals surface area contributed by atoms with Gasteiger partial charge in [-0.25, -0.2) is 4.31 Å². The van der Waals surface area contributed by atoms with Gasteiger partial charge in [-0.05, 0) is 24.6 Å². The van der Waals surface area contributed by atoms with Crippen molar-refractivity contribution in [3.63, 3.8) is 0 Å². The predicted octanol–water partition coefficient (Wildman–Crippen LogP) is 2.38. The number of halogens is 2. The second kappa shape index (κ2) is 3.96. The first-order valence-corrected chi connectivity index (χ1v) is 7.85. The summed E-state index contributed by atoms with van der Waals surface area (Å²) in [5.41, 5.74) is -0.136. The Morgan fingerprint density at radius 2 is 1.88 bits per heavy atom. The molecule has 0 aromatic heterocycles. The Morgan fingerprint density at radius 3 is 2.29 bits per heavy atom. The molecule has 0 spiro atoms. The zero-order chi connectivity index (χ0) is 12.8. The van der Waals surface area contributed by atoms with E-state index in [0.29, 0.717) is 0 Å². The van der Waals surface area contributed by atoms with Crippen LogP contribution < -0.4 is 0 Å². The van der Waals surface area contributed by atoms with Gasteiger partial charge in [0.05, 0.1) is 12.0 Å². The molecule has 1 aliphatic heterocycles. The zero-order valence-electron chi connectivity index (χ0n) is 8.85. The monoisotopic (exact) mass is 337 g/mol. The molecule has 0 bridgehead atoms. The maximum Gasteiger partial charge on any atom is 0.324 e. The summed E-state index contributed by atoms with van der Waals surface area (Å²) in [5, 5.41) is 0. The first kappa shape index (κ1) is 12.9. The van der Waals surface area contributed by atoms with Crippen molar-refractivity contribution in [1.29, 1.82) is 0 Å². The molecule has 1 fully saturated rings. The Labute approximate surface area is 112 Å². The van der Waals surface area contributed by atoms with Crippen molar-refractivity contribution < 1.29 is 13.2 Å². The van der Waals surface area contributed by atoms with Crippen molar-refractivity contribution in [1.82, 2.24) is 4.31 Å². The fraction of sp³-hybridized carbons (Fsp3) is 0.300. The fourth-order valence-electron chi connectivity index (χ4n) is 2.01. The second-order valence-electron chi connectivity index (χ2n) is 4.06. The normalized spacial score (nSPS) is 24.6. The Morgan fingerprint density at radius 1 is 1.35 bits per heavy atom. The van der Waals surface area contributed by atoms with Crippen LogP contribution in [-0.2, 0) is 19.6 Å². The van der Waals surface area contributed by atoms with Crippen LogP contribution in [0.4, 0.5) is 0 Å². The molecule has 0 aliphatic carbocycles. The van der Waals surface area contributed by atoms with E-state index in [2.05, 4.69) is 15.9 Å². The van der Waals surface area contributed by atoms with Gasteiger partial charge in [-0.1, -0.05) is 28.1 Å². The molecule has 17 heavy (non-hydrogen) atoms. The predicted molar refractivity (Wildman–Crippen MR) is 67.7 cm³/mol. The van der Waals surface area contributed by atoms with Gasteiger partial charge in [0.25, 0.3) is 0 Å². The van der Waals surface area contributed by atoms with Crippen molar-refractivity contribution in [2.45, 2.75) is 18.9 Å². The highest BCUT2D eigenvalue weighted by atomic mass is 79.9. The summed E-state index contributed by atoms with van der Waals surface area (Å²) in [5.74, 6) is -0.481. The number of rotatable bonds is 2. The molecule has 1 aromatic rings. The number of benzene rings is 1. The smallest absolute Gasteiger partial charge is 0.274 e. The Bertz CT molecular complexity index is 572. The van der Waals surface area contributed by atoms with Gasteiger partial charge in [-0.2, -0.15) is 8.42 Å². The van der Waals surface area contributed by atoms with E-state index in [1.54, 1.807) is 31.2 Å². The molecule has 4 nitrogen and oxygen atoms in total. The minimum atomic E-state index is -4.04. The number of carbonyl (C=O) groups is 1. The molecule has 0 saturated carbocycles. The van der Waals surface area contributed by atoms with Gasteiger partial charge in [0.1, 0.15) is 0 Å². The van der Waals surface area contributed by atoms with Crippen LogP contribution in [0.5, 0.6) is 0 Å². The van der Waals surface area contributed by atoms with Crippen LogP contribution in [0.15, 0.2) is 28.7 Å². The van der Waals surface area contributed by atoms with Crippen molar-refractivity contribution in [3.8, 4) is 0 Å². The summed E-state index contributed by atoms with van der Waals surface area (Å²) in [6.45, 7) is 1.68. The van der Waals surface area contributed by atoms with Crippen LogP contribution in [0.2, 0.25) is 0 Å². The van der Waals surface area contributed by atoms with Gasteiger partial charge in [0.15, 0.2) is 0 Å². The molecule has 1 aromatic carbocycles. The topological polar surface area (TPSA) is 54.5 Å². The van der Waals surface area contributed by atoms with Gasteiger partial charge in [0, 0.05) is 15.2 Å². The molecule has 2 rings (SSSR count). The minimum Gasteiger partial charge on any atom is -0.274 e. The lowest BCUT2D eigenvalue weighted by molar-refractivity contribution is -0.144. The average molecular weight is 339 g/mol. The second-order valence-corrected chi connectivity index (χ2v) is 7.33. The van der Waals surface area contributed by atoms with E-state index in [1.807, 2.05) is 0 Å². The van der Waals surface area contributed by atoms with Crippen molar-refractivity contribution in [2.24, 2.45) is 0 Å². The maximum atomic E-state index is 11.4. The summed E-state index contributed by atoms with van der Waals surface area (Å²) < 4.78 is 24.3. The Kier molecular flexibility index (Phi) is 3.00. The van der Waals surface area contributed by atoms with Crippen molar-refractivity contribution in [3.05, 3.63) is 34.3 Å². The number of hydrogen-bond acceptors (Lipinski definition) is 3. The van der Waals surface area contributed by atoms with Gasteiger partial charge in [-0.3, -0.25) is 4.79 Å². The number of amides is 1. The van der Waals surface area contributed by atoms with E-state index in [4.69, 9.17) is 10.7 Å². The van der Waals surface area contributed by atoms with Crippen LogP contribution in [-0.4, -0.2) is 18.6 Å². The Balaban J connectivity index is 2.45. The molecule has 1 atom stereocenters. The van der Waals surface area contributed by atoms with E-state index < -0.39 is 20.7 Å². The standard InChI is InChI=1S/C10H9BrClNO3S/c1-10(7-2-4-8(11)5-3-7)6-9(14)13(10)17(12,15)16/h2-5H,6H2,1H3. The van der Waals surface area contributed by atoms with E-state index in [9.17, 15) is 13.2 Å². The number of carbonyl (C=O) groups excluding carboxylic acids is 1. The molecule has 1 amide bonds. The molecule has 1 aliphatic rings. The third-order valence-corrected chi connectivity index (χ3v) is 4.84. The first-order valence-electron chi connectivity index (χ1n) is 4.79. The lowest BCUT2D eigenvalue weighted by atomic mass is 9.82. The number of nitrogens with zero attached hydrogens (tertiary/aromatic N) is 1. The van der Waals surface area contributed by atoms with E-state index in [-0.39, 0.29) is 6.42 Å². The lowest BCUT2D eigenvalue weighted by Gasteiger charge is -2.47. The minimum absolute atomic E-state index is 0.139. The molecule has 92 valence electrons. The fourth-order valence-corrected chi connectivity index (χ4v) is 3.92. The SMILES string of the molecule is CC1(c2ccc(Br)cc2)CC(=O)N1S(=O)(=O)Cl. The van der Waals surface area contributed by atoms with Crippen LogP contribution in [0.25, 0.3) is 0 Å². The molecule has 1 heterocycles. The quantitative estimate of drug-likeness (QED) is 0.614. The van der Waals surface area contributed by atoms with E-state index in [1.165, 1.54) is 0 Å². The molecular weight excluding hydrogens is 330 g/mol. The van der Waals surface area contributed by atoms with Crippen LogP contribution >= 0.6 is 26.6 Å². The highest BCUT2D eigenvalue weighted by Crippen LogP contribution is 2.44. The zero-order valence-corrected chi connectivity index (χ0v) is 12.0. The Hall–Kier alpha value is -0.590. The van der Waals surface area contributed by atoms with Crippen LogP contribution in [0.1, 0.15) is 18.9 Å². The van der Waals surface area contributed by atoms with Gasteiger partial charge < -0.3 is 0 Å². The lowest BCUT2D eigenvalue weighted by Crippen LogP contribution is -2.60. The molecule has 1 saturated heterocycles. The number of β-lactam (4-membered cyclic amide) rings is 1. The summed E-state index contributed by atoms with van der Waals surface area (Å²) in [4.78, 5) is 11.4. The van der Waals surface area contributed by atoms with Crippen LogP contribution in [0.3, 0.4) is 0 Å². The summed E-state index contributed by atoms with van der Waals surface area (Å²) in [6.07, 6.45) is 0.139. The van der Waals surface area contributed by atoms with Gasteiger partial charge >= 0.3 is 9.24 Å². The summed E-state index contributed by atoms with van der Waals surface area (Å²) in [7, 11) is 1.23. The molecule has 0 radical (unpaired) electrons. The largest absolute Gasteiger partial charge is 0.324 e. The van der Waals surface area contributed by atoms with Gasteiger partial charge in [-0.15, -0.1) is 0 Å². The molecule has 7 heteroatoms. The van der Waals surface area contributed by atoms with Crippen molar-refractivity contribution >= 4 is 41.8 Å². The summed E-state index contributed by atoms with van der Waals surface area (Å²) >= 11 is 3.29. The highest BCUT2D eigenvalue weighted by Gasteiger charge is 2.54. The molecule has 0 N–H and O–H groups in total. The summed E-state index contributed by atoms with van der Waals surface area (Å²) in [6, 6.07) is 7.13. The van der Waals surface area contributed by atoms with Crippen molar-refractivity contribution in [2.75, 3.05) is 0 Å². The van der Waals surface area contributed by atoms with Gasteiger partial charge in [0.2, 0.25) is 5.91 Å². The highest BCUT2D eigenvalue weighted by molar-refractivity contribution is 9.10. The first-order chi connectivity index (χ1) is 7.75. The van der Waals surface area contributed by atoms with E-state index >= 15 is 0 Å². The van der Waals surface area contributed by atoms with E-state index in [0.717, 1.165) is 14.3 Å². The molecular formula is C10H9BrClNO3S. The molecule has 1 unspecified atom stereocenters. The third-order valence-electron chi connectivity index (χ3n) is 2.85. The van der Waals surface area contributed by atoms with Crippen LogP contribution in [0, 0.1) is 0 Å². The third kappa shape index (κ3) is 2.09.